The van der Waals surface area contributed by atoms with E-state index in [0.29, 0.717) is 41.2 Å². The Morgan fingerprint density at radius 2 is 1.76 bits per heavy atom. The van der Waals surface area contributed by atoms with Crippen molar-refractivity contribution >= 4 is 11.6 Å². The maximum Gasteiger partial charge on any atom is 0.140 e. The van der Waals surface area contributed by atoms with Gasteiger partial charge in [-0.25, -0.2) is 0 Å². The highest BCUT2D eigenvalue weighted by atomic mass is 16.1. The Balaban J connectivity index is 1.36. The summed E-state index contributed by atoms with van der Waals surface area (Å²) in [5, 5.41) is 0. The molecule has 162 valence electrons. The van der Waals surface area contributed by atoms with Crippen LogP contribution in [0.2, 0.25) is 0 Å². The van der Waals surface area contributed by atoms with Gasteiger partial charge in [0, 0.05) is 24.2 Å². The van der Waals surface area contributed by atoms with Crippen LogP contribution in [-0.2, 0) is 9.59 Å². The molecule has 2 heteroatoms. The smallest absolute Gasteiger partial charge is 0.140 e. The van der Waals surface area contributed by atoms with Gasteiger partial charge in [-0.05, 0) is 78.4 Å². The Kier molecular flexibility index (Phi) is 4.49. The lowest BCUT2D eigenvalue weighted by atomic mass is 9.45. The molecule has 0 radical (unpaired) electrons. The molecule has 0 amide bonds. The van der Waals surface area contributed by atoms with E-state index in [-0.39, 0.29) is 16.7 Å². The van der Waals surface area contributed by atoms with Gasteiger partial charge in [0.2, 0.25) is 0 Å². The van der Waals surface area contributed by atoms with Crippen molar-refractivity contribution in [1.29, 1.82) is 0 Å². The Hall–Kier alpha value is -0.660. The maximum atomic E-state index is 13.4. The monoisotopic (exact) mass is 398 g/mol. The predicted octanol–water partition coefficient (Wildman–Crippen LogP) is 6.47. The molecule has 0 saturated heterocycles. The molecule has 0 heterocycles. The summed E-state index contributed by atoms with van der Waals surface area (Å²) >= 11 is 0. The summed E-state index contributed by atoms with van der Waals surface area (Å²) in [5.41, 5.74) is 0.184. The van der Waals surface area contributed by atoms with E-state index in [1.165, 1.54) is 44.9 Å². The molecule has 9 atom stereocenters. The number of fused-ring (bicyclic) bond motifs is 4. The molecule has 0 aromatic heterocycles. The van der Waals surface area contributed by atoms with Crippen LogP contribution in [0.3, 0.4) is 0 Å². The number of Topliss-reactive ketones (excluding diaryl/α,β-unsaturated/α-hetero) is 2. The van der Waals surface area contributed by atoms with Gasteiger partial charge in [0.15, 0.2) is 0 Å². The van der Waals surface area contributed by atoms with Crippen molar-refractivity contribution in [1.82, 2.24) is 0 Å². The molecular formula is C27H42O2. The fourth-order valence-electron chi connectivity index (χ4n) is 9.80. The van der Waals surface area contributed by atoms with Crippen molar-refractivity contribution < 1.29 is 9.59 Å². The van der Waals surface area contributed by atoms with Gasteiger partial charge in [0.1, 0.15) is 11.6 Å². The minimum atomic E-state index is -0.221. The number of hydrogen-bond donors (Lipinski definition) is 0. The van der Waals surface area contributed by atoms with Gasteiger partial charge in [-0.15, -0.1) is 0 Å². The maximum absolute atomic E-state index is 13.4. The van der Waals surface area contributed by atoms with E-state index in [0.717, 1.165) is 30.6 Å². The molecule has 0 aromatic rings. The molecule has 5 aliphatic rings. The van der Waals surface area contributed by atoms with E-state index >= 15 is 0 Å². The zero-order valence-corrected chi connectivity index (χ0v) is 19.4. The van der Waals surface area contributed by atoms with Crippen LogP contribution in [-0.4, -0.2) is 11.6 Å². The Labute approximate surface area is 178 Å². The summed E-state index contributed by atoms with van der Waals surface area (Å²) in [6.07, 6.45) is 11.8. The molecule has 0 aliphatic heterocycles. The number of carbonyl (C=O) groups is 2. The third-order valence-corrected chi connectivity index (χ3v) is 11.3. The predicted molar refractivity (Wildman–Crippen MR) is 116 cm³/mol. The summed E-state index contributed by atoms with van der Waals surface area (Å²) in [6.45, 7) is 12.1. The molecular weight excluding hydrogens is 356 g/mol. The first kappa shape index (κ1) is 20.3. The van der Waals surface area contributed by atoms with Crippen molar-refractivity contribution in [2.45, 2.75) is 98.8 Å². The molecule has 5 aliphatic carbocycles. The van der Waals surface area contributed by atoms with Gasteiger partial charge in [-0.2, -0.15) is 0 Å². The topological polar surface area (TPSA) is 34.1 Å². The van der Waals surface area contributed by atoms with Crippen LogP contribution < -0.4 is 0 Å². The molecule has 5 fully saturated rings. The number of carbonyl (C=O) groups excluding carboxylic acids is 2. The molecule has 5 rings (SSSR count). The zero-order chi connectivity index (χ0) is 20.8. The molecule has 0 aromatic carbocycles. The van der Waals surface area contributed by atoms with E-state index in [9.17, 15) is 9.59 Å². The van der Waals surface area contributed by atoms with Crippen LogP contribution in [0.1, 0.15) is 98.8 Å². The Bertz CT molecular complexity index is 724. The van der Waals surface area contributed by atoms with Gasteiger partial charge in [0.25, 0.3) is 0 Å². The van der Waals surface area contributed by atoms with Crippen molar-refractivity contribution in [3.05, 3.63) is 0 Å². The molecule has 9 unspecified atom stereocenters. The lowest BCUT2D eigenvalue weighted by Crippen LogP contribution is -2.55. The fraction of sp³-hybridized carbons (Fsp3) is 0.926. The number of rotatable bonds is 5. The lowest BCUT2D eigenvalue weighted by Gasteiger charge is -2.58. The van der Waals surface area contributed by atoms with E-state index in [2.05, 4.69) is 34.6 Å². The van der Waals surface area contributed by atoms with E-state index in [1.54, 1.807) is 0 Å². The summed E-state index contributed by atoms with van der Waals surface area (Å²) in [6, 6.07) is 0. The second kappa shape index (κ2) is 6.42. The highest BCUT2D eigenvalue weighted by molar-refractivity contribution is 6.03. The SMILES string of the molecule is CC(C)CCCC(C)C1CCC2C3CC(=O)C45CC4C(=O)CC5(C)C3CCC12C. The van der Waals surface area contributed by atoms with Crippen LogP contribution in [0.25, 0.3) is 0 Å². The van der Waals surface area contributed by atoms with Crippen LogP contribution in [0.4, 0.5) is 0 Å². The van der Waals surface area contributed by atoms with Crippen LogP contribution in [0, 0.1) is 57.7 Å². The zero-order valence-electron chi connectivity index (χ0n) is 19.4. The van der Waals surface area contributed by atoms with E-state index in [4.69, 9.17) is 0 Å². The van der Waals surface area contributed by atoms with Crippen molar-refractivity contribution in [2.75, 3.05) is 0 Å². The van der Waals surface area contributed by atoms with Gasteiger partial charge in [0.05, 0.1) is 0 Å². The number of ketones is 2. The summed E-state index contributed by atoms with van der Waals surface area (Å²) in [5.74, 6) is 5.33. The minimum Gasteiger partial charge on any atom is -0.299 e. The van der Waals surface area contributed by atoms with Gasteiger partial charge in [-0.3, -0.25) is 9.59 Å². The van der Waals surface area contributed by atoms with Crippen molar-refractivity contribution in [2.24, 2.45) is 57.7 Å². The lowest BCUT2D eigenvalue weighted by molar-refractivity contribution is -0.151. The van der Waals surface area contributed by atoms with Crippen LogP contribution in [0.15, 0.2) is 0 Å². The third-order valence-electron chi connectivity index (χ3n) is 11.3. The van der Waals surface area contributed by atoms with Crippen molar-refractivity contribution in [3.8, 4) is 0 Å². The first-order chi connectivity index (χ1) is 13.6. The average molecular weight is 399 g/mol. The molecule has 0 N–H and O–H groups in total. The van der Waals surface area contributed by atoms with Gasteiger partial charge < -0.3 is 0 Å². The summed E-state index contributed by atoms with van der Waals surface area (Å²) in [4.78, 5) is 26.0. The molecule has 0 bridgehead atoms. The van der Waals surface area contributed by atoms with Gasteiger partial charge in [-0.1, -0.05) is 53.9 Å². The quantitative estimate of drug-likeness (QED) is 0.532. The largest absolute Gasteiger partial charge is 0.299 e. The highest BCUT2D eigenvalue weighted by Crippen LogP contribution is 2.79. The summed E-state index contributed by atoms with van der Waals surface area (Å²) < 4.78 is 0. The van der Waals surface area contributed by atoms with E-state index in [1.807, 2.05) is 0 Å². The average Bonchev–Trinajstić information content (AvgIpc) is 3.24. The number of hydrogen-bond acceptors (Lipinski definition) is 2. The Morgan fingerprint density at radius 3 is 2.45 bits per heavy atom. The van der Waals surface area contributed by atoms with Crippen molar-refractivity contribution in [3.63, 3.8) is 0 Å². The normalized spacial score (nSPS) is 51.4. The fourth-order valence-corrected chi connectivity index (χ4v) is 9.80. The highest BCUT2D eigenvalue weighted by Gasteiger charge is 2.80. The molecule has 5 saturated carbocycles. The van der Waals surface area contributed by atoms with Crippen LogP contribution >= 0.6 is 0 Å². The second-order valence-corrected chi connectivity index (χ2v) is 12.8. The summed E-state index contributed by atoms with van der Waals surface area (Å²) in [7, 11) is 0. The molecule has 2 nitrogen and oxygen atoms in total. The van der Waals surface area contributed by atoms with Crippen LogP contribution in [0.5, 0.6) is 0 Å². The Morgan fingerprint density at radius 1 is 1.00 bits per heavy atom. The first-order valence-electron chi connectivity index (χ1n) is 12.7. The first-order valence-corrected chi connectivity index (χ1v) is 12.7. The minimum absolute atomic E-state index is 0.0168. The second-order valence-electron chi connectivity index (χ2n) is 12.8. The molecule has 29 heavy (non-hydrogen) atoms. The van der Waals surface area contributed by atoms with E-state index < -0.39 is 0 Å². The third kappa shape index (κ3) is 2.53. The van der Waals surface area contributed by atoms with Gasteiger partial charge >= 0.3 is 0 Å². The standard InChI is InChI=1S/C27H42O2/c1-16(2)7-6-8-17(3)19-9-10-20-18-13-24(29)27-14-22(27)23(28)15-26(27,5)21(18)11-12-25(19,20)4/h16-22H,6-15H2,1-5H3. The molecule has 1 spiro atoms.